The molecule has 0 saturated heterocycles. The Morgan fingerprint density at radius 3 is 2.50 bits per heavy atom. The van der Waals surface area contributed by atoms with Gasteiger partial charge in [-0.15, -0.1) is 0 Å². The molecule has 0 aromatic heterocycles. The molecule has 0 bridgehead atoms. The second kappa shape index (κ2) is 5.41. The Morgan fingerprint density at radius 2 is 1.93 bits per heavy atom. The third kappa shape index (κ3) is 3.47. The summed E-state index contributed by atoms with van der Waals surface area (Å²) in [5, 5.41) is 4.47. The van der Waals surface area contributed by atoms with Crippen molar-refractivity contribution in [2.75, 3.05) is 12.8 Å². The Morgan fingerprint density at radius 1 is 1.21 bits per heavy atom. The van der Waals surface area contributed by atoms with E-state index in [9.17, 15) is 0 Å². The lowest BCUT2D eigenvalue weighted by molar-refractivity contribution is 0.535. The Hall–Kier alpha value is 0.310. The van der Waals surface area contributed by atoms with E-state index >= 15 is 0 Å². The normalized spacial score (nSPS) is 25.5. The molecule has 14 heavy (non-hydrogen) atoms. The topological polar surface area (TPSA) is 12.0 Å². The Balaban J connectivity index is 1.60. The largest absolute Gasteiger partial charge is 0.316 e. The predicted octanol–water partition coefficient (Wildman–Crippen LogP) is 3.05. The highest BCUT2D eigenvalue weighted by Crippen LogP contribution is 2.35. The number of hydrogen-bond acceptors (Lipinski definition) is 2. The zero-order valence-electron chi connectivity index (χ0n) is 9.30. The molecule has 0 aromatic carbocycles. The van der Waals surface area contributed by atoms with Crippen molar-refractivity contribution in [1.29, 1.82) is 0 Å². The molecule has 2 heteroatoms. The first-order valence-corrected chi connectivity index (χ1v) is 7.22. The molecule has 0 aromatic rings. The van der Waals surface area contributed by atoms with Gasteiger partial charge in [0, 0.05) is 17.0 Å². The van der Waals surface area contributed by atoms with E-state index in [2.05, 4.69) is 24.1 Å². The summed E-state index contributed by atoms with van der Waals surface area (Å²) in [6, 6.07) is 0.785. The van der Waals surface area contributed by atoms with Gasteiger partial charge in [0.2, 0.25) is 0 Å². The molecule has 2 aliphatic carbocycles. The molecule has 2 fully saturated rings. The minimum absolute atomic E-state index is 0.785. The van der Waals surface area contributed by atoms with Gasteiger partial charge in [0.1, 0.15) is 0 Å². The molecule has 1 nitrogen and oxygen atoms in total. The summed E-state index contributed by atoms with van der Waals surface area (Å²) in [6.07, 6.45) is 10.3. The van der Waals surface area contributed by atoms with E-state index in [0.29, 0.717) is 0 Å². The van der Waals surface area contributed by atoms with Crippen molar-refractivity contribution in [3.63, 3.8) is 0 Å². The lowest BCUT2D eigenvalue weighted by Gasteiger charge is -2.17. The fraction of sp³-hybridized carbons (Fsp3) is 1.00. The van der Waals surface area contributed by atoms with Crippen LogP contribution in [0.4, 0.5) is 0 Å². The molecule has 0 amide bonds. The van der Waals surface area contributed by atoms with E-state index in [0.717, 1.165) is 17.2 Å². The molecule has 1 N–H and O–H groups in total. The highest BCUT2D eigenvalue weighted by molar-refractivity contribution is 7.99. The average molecular weight is 213 g/mol. The maximum atomic E-state index is 3.48. The van der Waals surface area contributed by atoms with Crippen LogP contribution >= 0.6 is 11.8 Å². The van der Waals surface area contributed by atoms with E-state index in [-0.39, 0.29) is 0 Å². The number of thioether (sulfide) groups is 1. The maximum absolute atomic E-state index is 3.48. The minimum Gasteiger partial charge on any atom is -0.316 e. The van der Waals surface area contributed by atoms with Crippen molar-refractivity contribution < 1.29 is 0 Å². The van der Waals surface area contributed by atoms with Crippen molar-refractivity contribution in [3.8, 4) is 0 Å². The van der Waals surface area contributed by atoms with Crippen LogP contribution in [0.3, 0.4) is 0 Å². The first-order valence-electron chi connectivity index (χ1n) is 6.17. The van der Waals surface area contributed by atoms with Crippen LogP contribution in [0.5, 0.6) is 0 Å². The summed E-state index contributed by atoms with van der Waals surface area (Å²) in [4.78, 5) is 0. The smallest absolute Gasteiger partial charge is 0.0157 e. The zero-order chi connectivity index (χ0) is 9.80. The predicted molar refractivity (Wildman–Crippen MR) is 64.9 cm³/mol. The summed E-state index contributed by atoms with van der Waals surface area (Å²) < 4.78 is 0. The average Bonchev–Trinajstić information content (AvgIpc) is 2.86. The van der Waals surface area contributed by atoms with Crippen LogP contribution in [0.1, 0.15) is 44.9 Å². The van der Waals surface area contributed by atoms with Crippen LogP contribution < -0.4 is 5.32 Å². The molecule has 82 valence electrons. The van der Waals surface area contributed by atoms with Crippen molar-refractivity contribution in [2.45, 2.75) is 56.2 Å². The molecule has 0 spiro atoms. The molecule has 2 rings (SSSR count). The minimum atomic E-state index is 0.785. The molecule has 0 aliphatic heterocycles. The molecular formula is C12H23NS. The van der Waals surface area contributed by atoms with Crippen LogP contribution in [0.25, 0.3) is 0 Å². The Bertz CT molecular complexity index is 162. The van der Waals surface area contributed by atoms with E-state index in [1.165, 1.54) is 50.7 Å². The van der Waals surface area contributed by atoms with Gasteiger partial charge in [0.25, 0.3) is 0 Å². The lowest BCUT2D eigenvalue weighted by atomic mass is 10.2. The summed E-state index contributed by atoms with van der Waals surface area (Å²) >= 11 is 2.22. The summed E-state index contributed by atoms with van der Waals surface area (Å²) in [5.41, 5.74) is 0. The molecule has 0 heterocycles. The van der Waals surface area contributed by atoms with Crippen molar-refractivity contribution in [3.05, 3.63) is 0 Å². The summed E-state index contributed by atoms with van der Waals surface area (Å²) in [7, 11) is 2.13. The molecule has 2 aliphatic rings. The number of hydrogen-bond donors (Lipinski definition) is 1. The first-order chi connectivity index (χ1) is 6.88. The summed E-state index contributed by atoms with van der Waals surface area (Å²) in [5.74, 6) is 2.41. The van der Waals surface area contributed by atoms with E-state index in [1.54, 1.807) is 0 Å². The van der Waals surface area contributed by atoms with Gasteiger partial charge in [-0.3, -0.25) is 0 Å². The van der Waals surface area contributed by atoms with E-state index in [1.807, 2.05) is 0 Å². The van der Waals surface area contributed by atoms with Crippen LogP contribution in [-0.4, -0.2) is 24.1 Å². The molecule has 1 atom stereocenters. The molecular weight excluding hydrogens is 190 g/mol. The van der Waals surface area contributed by atoms with Crippen LogP contribution in [-0.2, 0) is 0 Å². The van der Waals surface area contributed by atoms with Gasteiger partial charge in [-0.25, -0.2) is 0 Å². The third-order valence-corrected chi connectivity index (χ3v) is 5.10. The highest BCUT2D eigenvalue weighted by Gasteiger charge is 2.25. The van der Waals surface area contributed by atoms with Gasteiger partial charge in [0.15, 0.2) is 0 Å². The Labute approximate surface area is 92.4 Å². The van der Waals surface area contributed by atoms with Crippen LogP contribution in [0.15, 0.2) is 0 Å². The maximum Gasteiger partial charge on any atom is 0.0157 e. The van der Waals surface area contributed by atoms with Gasteiger partial charge in [-0.05, 0) is 32.2 Å². The number of nitrogens with one attached hydrogen (secondary N) is 1. The van der Waals surface area contributed by atoms with Gasteiger partial charge >= 0.3 is 0 Å². The highest BCUT2D eigenvalue weighted by atomic mass is 32.2. The molecule has 1 unspecified atom stereocenters. The van der Waals surface area contributed by atoms with Crippen LogP contribution in [0.2, 0.25) is 0 Å². The van der Waals surface area contributed by atoms with Gasteiger partial charge in [-0.2, -0.15) is 11.8 Å². The third-order valence-electron chi connectivity index (χ3n) is 3.56. The number of rotatable bonds is 6. The second-order valence-corrected chi connectivity index (χ2v) is 6.24. The van der Waals surface area contributed by atoms with Crippen molar-refractivity contribution >= 4 is 11.8 Å². The van der Waals surface area contributed by atoms with Crippen LogP contribution in [0, 0.1) is 5.92 Å². The van der Waals surface area contributed by atoms with Gasteiger partial charge in [0.05, 0.1) is 0 Å². The fourth-order valence-electron chi connectivity index (χ4n) is 2.33. The SMILES string of the molecule is CNC(CSC1CCCC1)CC1CC1. The van der Waals surface area contributed by atoms with Crippen molar-refractivity contribution in [2.24, 2.45) is 5.92 Å². The monoisotopic (exact) mass is 213 g/mol. The Kier molecular flexibility index (Phi) is 4.18. The van der Waals surface area contributed by atoms with E-state index in [4.69, 9.17) is 0 Å². The molecule has 2 saturated carbocycles. The fourth-order valence-corrected chi connectivity index (χ4v) is 3.81. The second-order valence-electron chi connectivity index (χ2n) is 4.90. The van der Waals surface area contributed by atoms with Crippen molar-refractivity contribution in [1.82, 2.24) is 5.32 Å². The van der Waals surface area contributed by atoms with E-state index < -0.39 is 0 Å². The molecule has 0 radical (unpaired) electrons. The standard InChI is InChI=1S/C12H23NS/c1-13-11(8-10-6-7-10)9-14-12-4-2-3-5-12/h10-13H,2-9H2,1H3. The van der Waals surface area contributed by atoms with Gasteiger partial charge < -0.3 is 5.32 Å². The lowest BCUT2D eigenvalue weighted by Crippen LogP contribution is -2.28. The summed E-state index contributed by atoms with van der Waals surface area (Å²) in [6.45, 7) is 0. The van der Waals surface area contributed by atoms with Gasteiger partial charge in [-0.1, -0.05) is 25.7 Å². The quantitative estimate of drug-likeness (QED) is 0.728. The first kappa shape index (κ1) is 10.8. The zero-order valence-corrected chi connectivity index (χ0v) is 10.1.